The second-order valence-electron chi connectivity index (χ2n) is 6.99. The summed E-state index contributed by atoms with van der Waals surface area (Å²) in [7, 11) is 0. The van der Waals surface area contributed by atoms with Gasteiger partial charge in [-0.15, -0.1) is 0 Å². The van der Waals surface area contributed by atoms with Crippen LogP contribution in [0.15, 0.2) is 42.6 Å². The molecule has 0 radical (unpaired) electrons. The van der Waals surface area contributed by atoms with Gasteiger partial charge in [-0.1, -0.05) is 29.8 Å². The molecule has 0 bridgehead atoms. The van der Waals surface area contributed by atoms with Gasteiger partial charge in [-0.3, -0.25) is 9.88 Å². The zero-order chi connectivity index (χ0) is 16.3. The third kappa shape index (κ3) is 2.03. The average molecular weight is 319 g/mol. The quantitative estimate of drug-likeness (QED) is 0.786. The van der Waals surface area contributed by atoms with E-state index in [1.165, 1.54) is 18.4 Å². The van der Waals surface area contributed by atoms with Crippen molar-refractivity contribution >= 4 is 11.0 Å². The van der Waals surface area contributed by atoms with Crippen LogP contribution in [0, 0.1) is 6.92 Å². The predicted octanol–water partition coefficient (Wildman–Crippen LogP) is 3.48. The number of hydrogen-bond donors (Lipinski definition) is 1. The molecular formula is C20H21N3O. The van der Waals surface area contributed by atoms with Gasteiger partial charge in [-0.05, 0) is 37.5 Å². The van der Waals surface area contributed by atoms with Gasteiger partial charge >= 0.3 is 0 Å². The first kappa shape index (κ1) is 14.2. The summed E-state index contributed by atoms with van der Waals surface area (Å²) in [5, 5.41) is 11.1. The Hall–Kier alpha value is -2.17. The first-order valence-corrected chi connectivity index (χ1v) is 8.72. The summed E-state index contributed by atoms with van der Waals surface area (Å²) in [5.41, 5.74) is 6.58. The summed E-state index contributed by atoms with van der Waals surface area (Å²) in [6.07, 6.45) is 3.71. The fraction of sp³-hybridized carbons (Fsp3) is 0.350. The van der Waals surface area contributed by atoms with Crippen molar-refractivity contribution in [2.24, 2.45) is 0 Å². The summed E-state index contributed by atoms with van der Waals surface area (Å²) in [4.78, 5) is 6.91. The van der Waals surface area contributed by atoms with Crippen LogP contribution >= 0.6 is 0 Å². The number of aliphatic hydroxyl groups is 1. The molecule has 4 heteroatoms. The molecule has 3 aromatic rings. The Morgan fingerprint density at radius 3 is 2.62 bits per heavy atom. The van der Waals surface area contributed by atoms with Gasteiger partial charge in [0.2, 0.25) is 0 Å². The average Bonchev–Trinajstić information content (AvgIpc) is 3.38. The lowest BCUT2D eigenvalue weighted by atomic mass is 10.0. The zero-order valence-corrected chi connectivity index (χ0v) is 13.8. The van der Waals surface area contributed by atoms with Gasteiger partial charge in [0.05, 0.1) is 16.7 Å². The van der Waals surface area contributed by atoms with Gasteiger partial charge in [-0.25, -0.2) is 0 Å². The van der Waals surface area contributed by atoms with Crippen LogP contribution in [-0.4, -0.2) is 32.1 Å². The Kier molecular flexibility index (Phi) is 3.05. The second-order valence-corrected chi connectivity index (χ2v) is 6.99. The third-order valence-corrected chi connectivity index (χ3v) is 5.36. The minimum Gasteiger partial charge on any atom is -0.372 e. The highest BCUT2D eigenvalue weighted by molar-refractivity contribution is 5.95. The van der Waals surface area contributed by atoms with Crippen LogP contribution in [0.25, 0.3) is 22.2 Å². The number of aliphatic hydroxyl groups excluding tert-OH is 1. The van der Waals surface area contributed by atoms with E-state index in [1.807, 2.05) is 12.3 Å². The molecule has 1 atom stereocenters. The van der Waals surface area contributed by atoms with Crippen LogP contribution in [0.2, 0.25) is 0 Å². The van der Waals surface area contributed by atoms with Crippen molar-refractivity contribution < 1.29 is 5.11 Å². The Morgan fingerprint density at radius 1 is 1.08 bits per heavy atom. The van der Waals surface area contributed by atoms with Crippen LogP contribution in [0.5, 0.6) is 0 Å². The number of aryl methyl sites for hydroxylation is 1. The molecule has 1 aliphatic heterocycles. The molecule has 1 aliphatic carbocycles. The van der Waals surface area contributed by atoms with E-state index < -0.39 is 6.23 Å². The minimum absolute atomic E-state index is 0.545. The largest absolute Gasteiger partial charge is 0.372 e. The lowest BCUT2D eigenvalue weighted by Crippen LogP contribution is -2.39. The summed E-state index contributed by atoms with van der Waals surface area (Å²) < 4.78 is 2.26. The number of fused-ring (bicyclic) bond motifs is 3. The van der Waals surface area contributed by atoms with E-state index in [2.05, 4.69) is 51.7 Å². The first-order chi connectivity index (χ1) is 11.7. The van der Waals surface area contributed by atoms with Crippen molar-refractivity contribution in [2.45, 2.75) is 38.6 Å². The van der Waals surface area contributed by atoms with Crippen LogP contribution in [0.4, 0.5) is 0 Å². The van der Waals surface area contributed by atoms with E-state index >= 15 is 0 Å². The monoisotopic (exact) mass is 319 g/mol. The topological polar surface area (TPSA) is 41.3 Å². The summed E-state index contributed by atoms with van der Waals surface area (Å²) in [5.74, 6) is 0. The Morgan fingerprint density at radius 2 is 1.88 bits per heavy atom. The van der Waals surface area contributed by atoms with E-state index in [0.717, 1.165) is 40.9 Å². The Labute approximate surface area is 141 Å². The SMILES string of the molecule is Cc1ccc(-c2c3n(c4cccnc24)CCN(C2CC2)C3O)cc1. The maximum Gasteiger partial charge on any atom is 0.149 e. The highest BCUT2D eigenvalue weighted by Gasteiger charge is 2.39. The lowest BCUT2D eigenvalue weighted by Gasteiger charge is -2.34. The molecule has 2 aliphatic rings. The summed E-state index contributed by atoms with van der Waals surface area (Å²) in [6, 6.07) is 13.2. The van der Waals surface area contributed by atoms with E-state index in [4.69, 9.17) is 0 Å². The van der Waals surface area contributed by atoms with Gasteiger partial charge in [0, 0.05) is 30.9 Å². The highest BCUT2D eigenvalue weighted by atomic mass is 16.3. The zero-order valence-electron chi connectivity index (χ0n) is 13.8. The molecule has 1 fully saturated rings. The van der Waals surface area contributed by atoms with Crippen molar-refractivity contribution in [1.82, 2.24) is 14.5 Å². The van der Waals surface area contributed by atoms with Crippen LogP contribution in [-0.2, 0) is 6.54 Å². The predicted molar refractivity (Wildman–Crippen MR) is 94.6 cm³/mol. The number of nitrogens with zero attached hydrogens (tertiary/aromatic N) is 3. The van der Waals surface area contributed by atoms with Crippen LogP contribution in [0.1, 0.15) is 30.3 Å². The first-order valence-electron chi connectivity index (χ1n) is 8.72. The van der Waals surface area contributed by atoms with Gasteiger partial charge in [0.15, 0.2) is 0 Å². The standard InChI is InChI=1S/C20H21N3O/c1-13-4-6-14(7-5-13)17-18-16(3-2-10-21-18)23-12-11-22(15-8-9-15)20(24)19(17)23/h2-7,10,15,20,24H,8-9,11-12H2,1H3. The molecule has 3 heterocycles. The molecule has 24 heavy (non-hydrogen) atoms. The molecule has 1 aromatic carbocycles. The molecule has 122 valence electrons. The van der Waals surface area contributed by atoms with Crippen LogP contribution < -0.4 is 0 Å². The molecule has 0 amide bonds. The van der Waals surface area contributed by atoms with Crippen molar-refractivity contribution in [3.8, 4) is 11.1 Å². The maximum atomic E-state index is 11.1. The number of rotatable bonds is 2. The van der Waals surface area contributed by atoms with Gasteiger partial charge in [0.1, 0.15) is 6.23 Å². The number of pyridine rings is 1. The number of hydrogen-bond acceptors (Lipinski definition) is 3. The molecular weight excluding hydrogens is 298 g/mol. The molecule has 4 nitrogen and oxygen atoms in total. The summed E-state index contributed by atoms with van der Waals surface area (Å²) >= 11 is 0. The molecule has 1 saturated carbocycles. The Balaban J connectivity index is 1.77. The maximum absolute atomic E-state index is 11.1. The van der Waals surface area contributed by atoms with Gasteiger partial charge in [0.25, 0.3) is 0 Å². The highest BCUT2D eigenvalue weighted by Crippen LogP contribution is 2.43. The molecule has 5 rings (SSSR count). The lowest BCUT2D eigenvalue weighted by molar-refractivity contribution is -0.0255. The fourth-order valence-corrected chi connectivity index (χ4v) is 3.99. The van der Waals surface area contributed by atoms with Crippen molar-refractivity contribution in [3.63, 3.8) is 0 Å². The van der Waals surface area contributed by atoms with Crippen molar-refractivity contribution in [1.29, 1.82) is 0 Å². The van der Waals surface area contributed by atoms with Crippen molar-refractivity contribution in [2.75, 3.05) is 6.54 Å². The van der Waals surface area contributed by atoms with Gasteiger partial charge in [-0.2, -0.15) is 0 Å². The molecule has 0 saturated heterocycles. The molecule has 2 aromatic heterocycles. The molecule has 0 spiro atoms. The fourth-order valence-electron chi connectivity index (χ4n) is 3.99. The van der Waals surface area contributed by atoms with E-state index in [9.17, 15) is 5.11 Å². The molecule has 1 N–H and O–H groups in total. The van der Waals surface area contributed by atoms with Crippen molar-refractivity contribution in [3.05, 3.63) is 53.9 Å². The minimum atomic E-state index is -0.545. The number of benzene rings is 1. The van der Waals surface area contributed by atoms with Crippen LogP contribution in [0.3, 0.4) is 0 Å². The summed E-state index contributed by atoms with van der Waals surface area (Å²) in [6.45, 7) is 3.92. The van der Waals surface area contributed by atoms with E-state index in [1.54, 1.807) is 0 Å². The Bertz CT molecular complexity index is 909. The van der Waals surface area contributed by atoms with E-state index in [0.29, 0.717) is 6.04 Å². The molecule has 1 unspecified atom stereocenters. The normalized spacial score (nSPS) is 21.2. The number of aromatic nitrogens is 2. The second kappa shape index (κ2) is 5.16. The van der Waals surface area contributed by atoms with E-state index in [-0.39, 0.29) is 0 Å². The van der Waals surface area contributed by atoms with Gasteiger partial charge < -0.3 is 9.67 Å². The third-order valence-electron chi connectivity index (χ3n) is 5.36. The smallest absolute Gasteiger partial charge is 0.149 e.